The number of ether oxygens (including phenoxy) is 2. The SMILES string of the molecule is [CH2]OC(=O)Oc1ccc(C#N)cc1. The molecule has 4 heteroatoms. The van der Waals surface area contributed by atoms with Crippen LogP contribution in [0, 0.1) is 18.4 Å². The van der Waals surface area contributed by atoms with Crippen LogP contribution in [0.25, 0.3) is 0 Å². The van der Waals surface area contributed by atoms with E-state index < -0.39 is 6.16 Å². The van der Waals surface area contributed by atoms with Crippen molar-refractivity contribution in [2.45, 2.75) is 0 Å². The minimum absolute atomic E-state index is 0.313. The zero-order valence-corrected chi connectivity index (χ0v) is 6.69. The zero-order valence-electron chi connectivity index (χ0n) is 6.69. The Hall–Kier alpha value is -2.02. The van der Waals surface area contributed by atoms with Crippen molar-refractivity contribution in [1.82, 2.24) is 0 Å². The Balaban J connectivity index is 2.71. The first kappa shape index (κ1) is 9.07. The molecule has 0 spiro atoms. The molecule has 0 unspecified atom stereocenters. The Labute approximate surface area is 75.3 Å². The number of rotatable bonds is 1. The van der Waals surface area contributed by atoms with E-state index in [0.29, 0.717) is 11.3 Å². The fraction of sp³-hybridized carbons (Fsp3) is 0. The fourth-order valence-corrected chi connectivity index (χ4v) is 0.723. The van der Waals surface area contributed by atoms with Crippen LogP contribution in [0.3, 0.4) is 0 Å². The molecule has 0 atom stereocenters. The zero-order chi connectivity index (χ0) is 9.68. The Morgan fingerprint density at radius 2 is 2.00 bits per heavy atom. The van der Waals surface area contributed by atoms with Gasteiger partial charge >= 0.3 is 6.16 Å². The number of carbonyl (C=O) groups excluding carboxylic acids is 1. The molecular weight excluding hydrogens is 170 g/mol. The van der Waals surface area contributed by atoms with Crippen LogP contribution < -0.4 is 4.74 Å². The molecule has 1 radical (unpaired) electrons. The van der Waals surface area contributed by atoms with Crippen molar-refractivity contribution in [2.24, 2.45) is 0 Å². The van der Waals surface area contributed by atoms with Gasteiger partial charge in [-0.2, -0.15) is 5.26 Å². The lowest BCUT2D eigenvalue weighted by atomic mass is 10.2. The van der Waals surface area contributed by atoms with Crippen LogP contribution in [-0.4, -0.2) is 6.16 Å². The second-order valence-corrected chi connectivity index (χ2v) is 2.13. The standard InChI is InChI=1S/C9H6NO3/c1-12-9(11)13-8-4-2-7(6-10)3-5-8/h2-5H,1H2. The van der Waals surface area contributed by atoms with Crippen LogP contribution in [0.5, 0.6) is 5.75 Å². The predicted octanol–water partition coefficient (Wildman–Crippen LogP) is 1.87. The van der Waals surface area contributed by atoms with Crippen LogP contribution in [-0.2, 0) is 4.74 Å². The van der Waals surface area contributed by atoms with Crippen LogP contribution in [0.15, 0.2) is 24.3 Å². The van der Waals surface area contributed by atoms with E-state index in [1.807, 2.05) is 6.07 Å². The van der Waals surface area contributed by atoms with Gasteiger partial charge in [0, 0.05) is 0 Å². The summed E-state index contributed by atoms with van der Waals surface area (Å²) < 4.78 is 8.66. The molecule has 65 valence electrons. The number of nitrogens with zero attached hydrogens (tertiary/aromatic N) is 1. The van der Waals surface area contributed by atoms with Gasteiger partial charge in [0.05, 0.1) is 11.6 Å². The molecule has 0 bridgehead atoms. The number of benzene rings is 1. The molecular formula is C9H6NO3. The van der Waals surface area contributed by atoms with E-state index in [-0.39, 0.29) is 0 Å². The molecule has 1 aromatic rings. The monoisotopic (exact) mass is 176 g/mol. The van der Waals surface area contributed by atoms with E-state index in [4.69, 9.17) is 5.26 Å². The van der Waals surface area contributed by atoms with E-state index >= 15 is 0 Å². The minimum atomic E-state index is -0.885. The molecule has 0 heterocycles. The quantitative estimate of drug-likeness (QED) is 0.484. The lowest BCUT2D eigenvalue weighted by Gasteiger charge is -2.00. The van der Waals surface area contributed by atoms with E-state index in [2.05, 4.69) is 16.6 Å². The third kappa shape index (κ3) is 2.49. The molecule has 1 aromatic carbocycles. The predicted molar refractivity (Wildman–Crippen MR) is 43.6 cm³/mol. The largest absolute Gasteiger partial charge is 0.513 e. The molecule has 4 nitrogen and oxygen atoms in total. The number of hydrogen-bond acceptors (Lipinski definition) is 4. The first-order valence-electron chi connectivity index (χ1n) is 3.40. The van der Waals surface area contributed by atoms with Crippen molar-refractivity contribution in [2.75, 3.05) is 0 Å². The third-order valence-corrected chi connectivity index (χ3v) is 1.30. The van der Waals surface area contributed by atoms with Gasteiger partial charge in [-0.05, 0) is 24.3 Å². The second kappa shape index (κ2) is 4.12. The first-order valence-corrected chi connectivity index (χ1v) is 3.40. The maximum atomic E-state index is 10.6. The molecule has 0 amide bonds. The van der Waals surface area contributed by atoms with E-state index in [1.165, 1.54) is 24.3 Å². The van der Waals surface area contributed by atoms with E-state index in [1.54, 1.807) is 0 Å². The highest BCUT2D eigenvalue weighted by Gasteiger charge is 2.02. The summed E-state index contributed by atoms with van der Waals surface area (Å²) in [5.74, 6) is 0.313. The normalized spacial score (nSPS) is 8.62. The number of hydrogen-bond donors (Lipinski definition) is 0. The molecule has 1 rings (SSSR count). The number of carbonyl (C=O) groups is 1. The molecule has 0 saturated carbocycles. The van der Waals surface area contributed by atoms with Gasteiger partial charge in [-0.15, -0.1) is 0 Å². The Morgan fingerprint density at radius 3 is 2.46 bits per heavy atom. The van der Waals surface area contributed by atoms with Crippen molar-refractivity contribution in [1.29, 1.82) is 5.26 Å². The summed E-state index contributed by atoms with van der Waals surface area (Å²) in [5.41, 5.74) is 0.496. The van der Waals surface area contributed by atoms with Crippen molar-refractivity contribution in [3.8, 4) is 11.8 Å². The molecule has 13 heavy (non-hydrogen) atoms. The summed E-state index contributed by atoms with van der Waals surface area (Å²) in [4.78, 5) is 10.6. The molecule has 0 saturated heterocycles. The maximum absolute atomic E-state index is 10.6. The highest BCUT2D eigenvalue weighted by molar-refractivity contribution is 5.63. The minimum Gasteiger partial charge on any atom is -0.430 e. The third-order valence-electron chi connectivity index (χ3n) is 1.30. The highest BCUT2D eigenvalue weighted by atomic mass is 16.7. The topological polar surface area (TPSA) is 59.3 Å². The van der Waals surface area contributed by atoms with Crippen molar-refractivity contribution < 1.29 is 14.3 Å². The first-order chi connectivity index (χ1) is 6.26. The van der Waals surface area contributed by atoms with Gasteiger partial charge in [-0.3, -0.25) is 0 Å². The Bertz CT molecular complexity index is 337. The summed E-state index contributed by atoms with van der Waals surface area (Å²) in [7, 11) is 2.89. The van der Waals surface area contributed by atoms with Gasteiger partial charge in [0.25, 0.3) is 0 Å². The van der Waals surface area contributed by atoms with Crippen molar-refractivity contribution >= 4 is 6.16 Å². The Morgan fingerprint density at radius 1 is 1.38 bits per heavy atom. The van der Waals surface area contributed by atoms with Gasteiger partial charge in [0.15, 0.2) is 0 Å². The molecule has 0 aliphatic carbocycles. The lowest BCUT2D eigenvalue weighted by Crippen LogP contribution is -2.05. The van der Waals surface area contributed by atoms with Crippen molar-refractivity contribution in [3.63, 3.8) is 0 Å². The summed E-state index contributed by atoms with van der Waals surface area (Å²) >= 11 is 0. The molecule has 0 fully saturated rings. The fourth-order valence-electron chi connectivity index (χ4n) is 0.723. The van der Waals surface area contributed by atoms with Crippen molar-refractivity contribution in [3.05, 3.63) is 36.9 Å². The summed E-state index contributed by atoms with van der Waals surface area (Å²) in [5, 5.41) is 8.46. The molecule has 0 aliphatic heterocycles. The van der Waals surface area contributed by atoms with E-state index in [9.17, 15) is 4.79 Å². The van der Waals surface area contributed by atoms with Gasteiger partial charge < -0.3 is 9.47 Å². The maximum Gasteiger partial charge on any atom is 0.513 e. The summed E-state index contributed by atoms with van der Waals surface area (Å²) in [6.45, 7) is 0. The van der Waals surface area contributed by atoms with Crippen LogP contribution in [0.2, 0.25) is 0 Å². The second-order valence-electron chi connectivity index (χ2n) is 2.13. The summed E-state index contributed by atoms with van der Waals surface area (Å²) in [6, 6.07) is 8.00. The van der Waals surface area contributed by atoms with Gasteiger partial charge in [0.2, 0.25) is 0 Å². The average Bonchev–Trinajstić information content (AvgIpc) is 2.19. The molecule has 0 N–H and O–H groups in total. The average molecular weight is 176 g/mol. The van der Waals surface area contributed by atoms with Gasteiger partial charge in [-0.1, -0.05) is 0 Å². The number of nitriles is 1. The Kier molecular flexibility index (Phi) is 2.87. The van der Waals surface area contributed by atoms with Crippen LogP contribution in [0.4, 0.5) is 4.79 Å². The molecule has 0 aromatic heterocycles. The highest BCUT2D eigenvalue weighted by Crippen LogP contribution is 2.11. The van der Waals surface area contributed by atoms with Crippen LogP contribution >= 0.6 is 0 Å². The van der Waals surface area contributed by atoms with Gasteiger partial charge in [0.1, 0.15) is 12.9 Å². The smallest absolute Gasteiger partial charge is 0.430 e. The lowest BCUT2D eigenvalue weighted by molar-refractivity contribution is 0.133. The molecule has 0 aliphatic rings. The van der Waals surface area contributed by atoms with Gasteiger partial charge in [-0.25, -0.2) is 4.79 Å². The van der Waals surface area contributed by atoms with E-state index in [0.717, 1.165) is 0 Å². The van der Waals surface area contributed by atoms with Crippen LogP contribution in [0.1, 0.15) is 5.56 Å². The summed E-state index contributed by atoms with van der Waals surface area (Å²) in [6.07, 6.45) is -0.885.